The molecule has 1 N–H and O–H groups in total. The van der Waals surface area contributed by atoms with Gasteiger partial charge in [-0.2, -0.15) is 11.8 Å². The summed E-state index contributed by atoms with van der Waals surface area (Å²) in [6.07, 6.45) is 5.10. The molecule has 0 aromatic carbocycles. The molecule has 0 saturated carbocycles. The van der Waals surface area contributed by atoms with Crippen molar-refractivity contribution in [1.29, 1.82) is 0 Å². The molecule has 7 heteroatoms. The number of carbonyl (C=O) groups excluding carboxylic acids is 1. The quantitative estimate of drug-likeness (QED) is 0.865. The van der Waals surface area contributed by atoms with Gasteiger partial charge in [-0.3, -0.25) is 4.79 Å². The molecule has 20 heavy (non-hydrogen) atoms. The minimum absolute atomic E-state index is 0.149. The van der Waals surface area contributed by atoms with Crippen LogP contribution in [-0.2, 0) is 5.75 Å². The molecular weight excluding hydrogens is 317 g/mol. The number of nitrogens with one attached hydrogen (secondary N) is 1. The molecule has 2 aromatic heterocycles. The van der Waals surface area contributed by atoms with E-state index in [9.17, 15) is 4.79 Å². The maximum absolute atomic E-state index is 12.2. The Morgan fingerprint density at radius 2 is 2.00 bits per heavy atom. The van der Waals surface area contributed by atoms with E-state index < -0.39 is 0 Å². The molecule has 2 heterocycles. The Bertz CT molecular complexity index is 637. The van der Waals surface area contributed by atoms with Gasteiger partial charge < -0.3 is 5.32 Å². The van der Waals surface area contributed by atoms with E-state index in [1.54, 1.807) is 30.1 Å². The first kappa shape index (κ1) is 15.1. The molecular formula is C13H11Cl2N3OS. The maximum atomic E-state index is 12.2. The second kappa shape index (κ2) is 6.92. The standard InChI is InChI=1S/C13H11Cl2N3OS/c1-20-7-8-4-6-17-12(15)10(8)18-13(19)9-3-2-5-16-11(9)14/h2-6H,7H2,1H3,(H,18,19). The molecule has 4 nitrogen and oxygen atoms in total. The Labute approximate surface area is 130 Å². The second-order valence-corrected chi connectivity index (χ2v) is 5.45. The number of carbonyl (C=O) groups is 1. The highest BCUT2D eigenvalue weighted by molar-refractivity contribution is 7.97. The van der Waals surface area contributed by atoms with Crippen LogP contribution < -0.4 is 5.32 Å². The predicted molar refractivity (Wildman–Crippen MR) is 83.7 cm³/mol. The van der Waals surface area contributed by atoms with E-state index in [4.69, 9.17) is 23.2 Å². The minimum Gasteiger partial charge on any atom is -0.319 e. The van der Waals surface area contributed by atoms with Crippen molar-refractivity contribution in [3.63, 3.8) is 0 Å². The lowest BCUT2D eigenvalue weighted by atomic mass is 10.2. The van der Waals surface area contributed by atoms with Crippen LogP contribution in [0.1, 0.15) is 15.9 Å². The third-order valence-corrected chi connectivity index (χ3v) is 3.72. The van der Waals surface area contributed by atoms with Crippen LogP contribution in [0.5, 0.6) is 0 Å². The van der Waals surface area contributed by atoms with Crippen LogP contribution in [0.15, 0.2) is 30.6 Å². The van der Waals surface area contributed by atoms with Crippen LogP contribution >= 0.6 is 35.0 Å². The van der Waals surface area contributed by atoms with Gasteiger partial charge in [0.05, 0.1) is 11.3 Å². The minimum atomic E-state index is -0.361. The van der Waals surface area contributed by atoms with Gasteiger partial charge in [-0.05, 0) is 30.0 Å². The first-order valence-electron chi connectivity index (χ1n) is 5.67. The molecule has 0 fully saturated rings. The van der Waals surface area contributed by atoms with Gasteiger partial charge in [0.25, 0.3) is 5.91 Å². The molecule has 2 rings (SSSR count). The van der Waals surface area contributed by atoms with E-state index in [0.29, 0.717) is 11.3 Å². The van der Waals surface area contributed by atoms with Crippen molar-refractivity contribution in [2.24, 2.45) is 0 Å². The molecule has 0 aliphatic rings. The second-order valence-electron chi connectivity index (χ2n) is 3.86. The number of aromatic nitrogens is 2. The molecule has 0 spiro atoms. The largest absolute Gasteiger partial charge is 0.319 e. The van der Waals surface area contributed by atoms with Crippen LogP contribution in [0.3, 0.4) is 0 Å². The number of rotatable bonds is 4. The summed E-state index contributed by atoms with van der Waals surface area (Å²) < 4.78 is 0. The van der Waals surface area contributed by atoms with Crippen molar-refractivity contribution in [3.05, 3.63) is 52.0 Å². The summed E-state index contributed by atoms with van der Waals surface area (Å²) >= 11 is 13.6. The summed E-state index contributed by atoms with van der Waals surface area (Å²) in [5.41, 5.74) is 1.71. The summed E-state index contributed by atoms with van der Waals surface area (Å²) in [5.74, 6) is 0.360. The molecule has 0 saturated heterocycles. The van der Waals surface area contributed by atoms with Gasteiger partial charge >= 0.3 is 0 Å². The Kier molecular flexibility index (Phi) is 5.23. The number of thioether (sulfide) groups is 1. The van der Waals surface area contributed by atoms with Crippen LogP contribution in [0.2, 0.25) is 10.3 Å². The molecule has 0 aliphatic carbocycles. The van der Waals surface area contributed by atoms with Crippen LogP contribution in [-0.4, -0.2) is 22.1 Å². The van der Waals surface area contributed by atoms with Gasteiger partial charge in [0.15, 0.2) is 5.15 Å². The molecule has 2 aromatic rings. The van der Waals surface area contributed by atoms with Gasteiger partial charge in [-0.1, -0.05) is 23.2 Å². The highest BCUT2D eigenvalue weighted by atomic mass is 35.5. The van der Waals surface area contributed by atoms with Crippen LogP contribution in [0.4, 0.5) is 5.69 Å². The molecule has 0 atom stereocenters. The average Bonchev–Trinajstić information content (AvgIpc) is 2.43. The van der Waals surface area contributed by atoms with Crippen molar-refractivity contribution < 1.29 is 4.79 Å². The number of hydrogen-bond donors (Lipinski definition) is 1. The van der Waals surface area contributed by atoms with E-state index in [1.807, 2.05) is 12.3 Å². The van der Waals surface area contributed by atoms with Gasteiger partial charge in [0.2, 0.25) is 0 Å². The lowest BCUT2D eigenvalue weighted by Crippen LogP contribution is -2.15. The van der Waals surface area contributed by atoms with E-state index in [1.165, 1.54) is 6.20 Å². The highest BCUT2D eigenvalue weighted by Gasteiger charge is 2.15. The fourth-order valence-corrected chi connectivity index (χ4v) is 2.60. The van der Waals surface area contributed by atoms with Gasteiger partial charge in [-0.25, -0.2) is 9.97 Å². The first-order chi connectivity index (χ1) is 9.63. The van der Waals surface area contributed by atoms with Crippen molar-refractivity contribution in [2.75, 3.05) is 11.6 Å². The van der Waals surface area contributed by atoms with E-state index in [2.05, 4.69) is 15.3 Å². The van der Waals surface area contributed by atoms with Crippen LogP contribution in [0, 0.1) is 0 Å². The lowest BCUT2D eigenvalue weighted by molar-refractivity contribution is 0.102. The highest BCUT2D eigenvalue weighted by Crippen LogP contribution is 2.27. The Hall–Kier alpha value is -1.30. The number of nitrogens with zero attached hydrogens (tertiary/aromatic N) is 2. The zero-order valence-corrected chi connectivity index (χ0v) is 12.9. The summed E-state index contributed by atoms with van der Waals surface area (Å²) in [4.78, 5) is 20.1. The normalized spacial score (nSPS) is 10.3. The summed E-state index contributed by atoms with van der Waals surface area (Å²) in [7, 11) is 0. The number of halogens is 2. The molecule has 0 bridgehead atoms. The van der Waals surface area contributed by atoms with Crippen molar-refractivity contribution in [3.8, 4) is 0 Å². The monoisotopic (exact) mass is 327 g/mol. The summed E-state index contributed by atoms with van der Waals surface area (Å²) in [5, 5.41) is 3.15. The number of anilines is 1. The third-order valence-electron chi connectivity index (χ3n) is 2.53. The van der Waals surface area contributed by atoms with E-state index in [0.717, 1.165) is 11.3 Å². The SMILES string of the molecule is CSCc1ccnc(Cl)c1NC(=O)c1cccnc1Cl. The fraction of sp³-hybridized carbons (Fsp3) is 0.154. The van der Waals surface area contributed by atoms with Crippen LogP contribution in [0.25, 0.3) is 0 Å². The van der Waals surface area contributed by atoms with E-state index >= 15 is 0 Å². The Balaban J connectivity index is 2.30. The fourth-order valence-electron chi connectivity index (χ4n) is 1.62. The zero-order valence-electron chi connectivity index (χ0n) is 10.6. The van der Waals surface area contributed by atoms with Gasteiger partial charge in [0.1, 0.15) is 5.15 Å². The van der Waals surface area contributed by atoms with Crippen molar-refractivity contribution in [1.82, 2.24) is 9.97 Å². The molecule has 1 amide bonds. The Morgan fingerprint density at radius 1 is 1.25 bits per heavy atom. The average molecular weight is 328 g/mol. The Morgan fingerprint density at radius 3 is 2.70 bits per heavy atom. The summed E-state index contributed by atoms with van der Waals surface area (Å²) in [6, 6.07) is 5.07. The summed E-state index contributed by atoms with van der Waals surface area (Å²) in [6.45, 7) is 0. The van der Waals surface area contributed by atoms with Crippen molar-refractivity contribution in [2.45, 2.75) is 5.75 Å². The molecule has 0 aliphatic heterocycles. The maximum Gasteiger partial charge on any atom is 0.258 e. The number of pyridine rings is 2. The van der Waals surface area contributed by atoms with Gasteiger partial charge in [0, 0.05) is 18.1 Å². The smallest absolute Gasteiger partial charge is 0.258 e. The third kappa shape index (κ3) is 3.42. The number of hydrogen-bond acceptors (Lipinski definition) is 4. The number of amides is 1. The topological polar surface area (TPSA) is 54.9 Å². The zero-order chi connectivity index (χ0) is 14.5. The van der Waals surface area contributed by atoms with Crippen molar-refractivity contribution >= 4 is 46.6 Å². The molecule has 104 valence electrons. The lowest BCUT2D eigenvalue weighted by Gasteiger charge is -2.11. The first-order valence-corrected chi connectivity index (χ1v) is 7.82. The van der Waals surface area contributed by atoms with E-state index in [-0.39, 0.29) is 16.2 Å². The molecule has 0 unspecified atom stereocenters. The molecule has 0 radical (unpaired) electrons. The predicted octanol–water partition coefficient (Wildman–Crippen LogP) is 3.90. The van der Waals surface area contributed by atoms with Gasteiger partial charge in [-0.15, -0.1) is 0 Å².